The number of hydrogen-bond donors (Lipinski definition) is 2. The van der Waals surface area contributed by atoms with Crippen LogP contribution in [0.1, 0.15) is 28.2 Å². The highest BCUT2D eigenvalue weighted by Gasteiger charge is 2.24. The van der Waals surface area contributed by atoms with Crippen LogP contribution in [0, 0.1) is 11.9 Å². The number of ether oxygens (including phenoxy) is 1. The van der Waals surface area contributed by atoms with Crippen molar-refractivity contribution in [3.8, 4) is 10.6 Å². The van der Waals surface area contributed by atoms with E-state index >= 15 is 0 Å². The van der Waals surface area contributed by atoms with E-state index in [1.807, 2.05) is 4.90 Å². The van der Waals surface area contributed by atoms with Crippen LogP contribution < -0.4 is 10.2 Å². The maximum Gasteiger partial charge on any atom is 0.350 e. The number of alkyl halides is 1. The Morgan fingerprint density at radius 2 is 2.12 bits per heavy atom. The number of halogens is 2. The highest BCUT2D eigenvalue weighted by Crippen LogP contribution is 2.32. The summed E-state index contributed by atoms with van der Waals surface area (Å²) in [6, 6.07) is 3.36. The highest BCUT2D eigenvalue weighted by atomic mass is 32.1. The van der Waals surface area contributed by atoms with Crippen LogP contribution in [0.2, 0.25) is 0 Å². The van der Waals surface area contributed by atoms with Crippen LogP contribution in [0.15, 0.2) is 24.5 Å². The summed E-state index contributed by atoms with van der Waals surface area (Å²) in [4.78, 5) is 23.2. The van der Waals surface area contributed by atoms with Crippen molar-refractivity contribution in [3.63, 3.8) is 0 Å². The maximum atomic E-state index is 15.0. The van der Waals surface area contributed by atoms with Crippen molar-refractivity contribution >= 4 is 28.8 Å². The van der Waals surface area contributed by atoms with Crippen LogP contribution in [-0.2, 0) is 17.8 Å². The first-order valence-electron chi connectivity index (χ1n) is 11.0. The van der Waals surface area contributed by atoms with Gasteiger partial charge in [-0.1, -0.05) is 0 Å². The van der Waals surface area contributed by atoms with Gasteiger partial charge in [0.25, 0.3) is 0 Å². The zero-order chi connectivity index (χ0) is 24.1. The Kier molecular flexibility index (Phi) is 7.68. The van der Waals surface area contributed by atoms with Crippen molar-refractivity contribution < 1.29 is 23.4 Å². The summed E-state index contributed by atoms with van der Waals surface area (Å²) >= 11 is 1.04. The van der Waals surface area contributed by atoms with Gasteiger partial charge in [0, 0.05) is 25.9 Å². The molecule has 3 aromatic heterocycles. The standard InChI is InChI=1S/C22H26F2N6O3S/c1-33-22(32)19-17(11-25-15-10-26-30(12-15)9-6-23)27-21(34-19)16-2-3-18(28-20(16)24)29-7-4-14(13-31)5-8-29/h2-3,10,12,14,25,31H,4-9,11,13H2,1H3. The lowest BCUT2D eigenvalue weighted by molar-refractivity contribution is 0.0605. The Balaban J connectivity index is 1.53. The molecule has 1 aliphatic heterocycles. The minimum absolute atomic E-state index is 0.150. The third kappa shape index (κ3) is 5.33. The molecule has 0 bridgehead atoms. The van der Waals surface area contributed by atoms with Crippen molar-refractivity contribution in [2.75, 3.05) is 43.7 Å². The van der Waals surface area contributed by atoms with Crippen molar-refractivity contribution in [3.05, 3.63) is 41.0 Å². The number of aliphatic hydroxyl groups is 1. The molecular formula is C22H26F2N6O3S. The number of anilines is 2. The molecule has 182 valence electrons. The van der Waals surface area contributed by atoms with Gasteiger partial charge in [0.2, 0.25) is 5.95 Å². The predicted octanol–water partition coefficient (Wildman–Crippen LogP) is 3.12. The SMILES string of the molecule is COC(=O)c1sc(-c2ccc(N3CCC(CO)CC3)nc2F)nc1CNc1cnn(CCF)c1. The summed E-state index contributed by atoms with van der Waals surface area (Å²) in [6.45, 7) is 1.38. The molecule has 0 atom stereocenters. The lowest BCUT2D eigenvalue weighted by Crippen LogP contribution is -2.35. The molecule has 1 saturated heterocycles. The van der Waals surface area contributed by atoms with Gasteiger partial charge in [0.1, 0.15) is 22.4 Å². The second-order valence-corrected chi connectivity index (χ2v) is 8.94. The summed E-state index contributed by atoms with van der Waals surface area (Å²) < 4.78 is 33.8. The number of carbonyl (C=O) groups is 1. The van der Waals surface area contributed by atoms with Crippen LogP contribution in [0.3, 0.4) is 0 Å². The van der Waals surface area contributed by atoms with Crippen molar-refractivity contribution in [1.82, 2.24) is 19.7 Å². The van der Waals surface area contributed by atoms with Crippen molar-refractivity contribution in [2.45, 2.75) is 25.9 Å². The van der Waals surface area contributed by atoms with E-state index < -0.39 is 18.6 Å². The Hall–Kier alpha value is -3.12. The molecule has 0 aliphatic carbocycles. The van der Waals surface area contributed by atoms with Gasteiger partial charge in [-0.3, -0.25) is 4.68 Å². The van der Waals surface area contributed by atoms with E-state index in [9.17, 15) is 18.7 Å². The zero-order valence-corrected chi connectivity index (χ0v) is 19.5. The number of thiazole rings is 1. The molecule has 4 rings (SSSR count). The first-order valence-corrected chi connectivity index (χ1v) is 11.8. The first kappa shape index (κ1) is 24.0. The van der Waals surface area contributed by atoms with Crippen molar-refractivity contribution in [2.24, 2.45) is 5.92 Å². The molecule has 0 amide bonds. The summed E-state index contributed by atoms with van der Waals surface area (Å²) in [7, 11) is 1.27. The van der Waals surface area contributed by atoms with Crippen LogP contribution in [-0.4, -0.2) is 64.3 Å². The molecule has 9 nitrogen and oxygen atoms in total. The molecule has 0 spiro atoms. The number of esters is 1. The fraction of sp³-hybridized carbons (Fsp3) is 0.455. The van der Waals surface area contributed by atoms with Gasteiger partial charge in [-0.05, 0) is 30.9 Å². The third-order valence-electron chi connectivity index (χ3n) is 5.74. The molecule has 4 heterocycles. The number of piperidine rings is 1. The molecule has 34 heavy (non-hydrogen) atoms. The topological polar surface area (TPSA) is 105 Å². The highest BCUT2D eigenvalue weighted by molar-refractivity contribution is 7.17. The summed E-state index contributed by atoms with van der Waals surface area (Å²) in [5, 5.41) is 16.8. The Bertz CT molecular complexity index is 1130. The van der Waals surface area contributed by atoms with Gasteiger partial charge >= 0.3 is 5.97 Å². The van der Waals surface area contributed by atoms with E-state index in [1.165, 1.54) is 11.8 Å². The number of aliphatic hydroxyl groups excluding tert-OH is 1. The minimum Gasteiger partial charge on any atom is -0.465 e. The molecule has 2 N–H and O–H groups in total. The van der Waals surface area contributed by atoms with Gasteiger partial charge in [-0.15, -0.1) is 11.3 Å². The molecule has 0 radical (unpaired) electrons. The number of nitrogens with zero attached hydrogens (tertiary/aromatic N) is 5. The third-order valence-corrected chi connectivity index (χ3v) is 6.85. The summed E-state index contributed by atoms with van der Waals surface area (Å²) in [5.41, 5.74) is 1.24. The molecule has 0 unspecified atom stereocenters. The average Bonchev–Trinajstić information content (AvgIpc) is 3.49. The molecule has 3 aromatic rings. The Labute approximate surface area is 199 Å². The van der Waals surface area contributed by atoms with Gasteiger partial charge in [-0.2, -0.15) is 9.49 Å². The summed E-state index contributed by atoms with van der Waals surface area (Å²) in [6.07, 6.45) is 4.86. The van der Waals surface area contributed by atoms with Crippen LogP contribution in [0.25, 0.3) is 10.6 Å². The van der Waals surface area contributed by atoms with Gasteiger partial charge in [0.05, 0.1) is 43.3 Å². The molecule has 0 aromatic carbocycles. The minimum atomic E-state index is -0.668. The van der Waals surface area contributed by atoms with Crippen LogP contribution in [0.5, 0.6) is 0 Å². The Morgan fingerprint density at radius 3 is 2.79 bits per heavy atom. The van der Waals surface area contributed by atoms with E-state index in [0.717, 1.165) is 24.2 Å². The lowest BCUT2D eigenvalue weighted by atomic mass is 9.98. The first-order chi connectivity index (χ1) is 16.5. The molecule has 1 aliphatic rings. The monoisotopic (exact) mass is 492 g/mol. The van der Waals surface area contributed by atoms with Gasteiger partial charge in [-0.25, -0.2) is 19.2 Å². The van der Waals surface area contributed by atoms with Gasteiger partial charge < -0.3 is 20.1 Å². The Morgan fingerprint density at radius 1 is 1.32 bits per heavy atom. The van der Waals surface area contributed by atoms with Crippen LogP contribution in [0.4, 0.5) is 20.3 Å². The second kappa shape index (κ2) is 10.9. The number of hydrogen-bond acceptors (Lipinski definition) is 9. The average molecular weight is 493 g/mol. The molecule has 0 saturated carbocycles. The van der Waals surface area contributed by atoms with E-state index in [2.05, 4.69) is 20.4 Å². The second-order valence-electron chi connectivity index (χ2n) is 7.94. The van der Waals surface area contributed by atoms with E-state index in [-0.39, 0.29) is 36.1 Å². The summed E-state index contributed by atoms with van der Waals surface area (Å²) in [5.74, 6) is -0.420. The quantitative estimate of drug-likeness (QED) is 0.347. The number of pyridine rings is 1. The number of rotatable bonds is 9. The maximum absolute atomic E-state index is 15.0. The molecule has 1 fully saturated rings. The normalized spacial score (nSPS) is 14.4. The van der Waals surface area contributed by atoms with Gasteiger partial charge in [0.15, 0.2) is 0 Å². The number of methoxy groups -OCH3 is 1. The number of nitrogens with one attached hydrogen (secondary N) is 1. The lowest BCUT2D eigenvalue weighted by Gasteiger charge is -2.32. The largest absolute Gasteiger partial charge is 0.465 e. The van der Waals surface area contributed by atoms with Crippen LogP contribution >= 0.6 is 11.3 Å². The fourth-order valence-electron chi connectivity index (χ4n) is 3.79. The molecule has 12 heteroatoms. The molecular weight excluding hydrogens is 466 g/mol. The number of aryl methyl sites for hydroxylation is 1. The number of carbonyl (C=O) groups excluding carboxylic acids is 1. The van der Waals surface area contributed by atoms with Crippen molar-refractivity contribution in [1.29, 1.82) is 0 Å². The smallest absolute Gasteiger partial charge is 0.350 e. The van der Waals surface area contributed by atoms with E-state index in [1.54, 1.807) is 24.5 Å². The van der Waals surface area contributed by atoms with E-state index in [0.29, 0.717) is 35.3 Å². The zero-order valence-electron chi connectivity index (χ0n) is 18.7. The predicted molar refractivity (Wildman–Crippen MR) is 124 cm³/mol. The number of aromatic nitrogens is 4. The van der Waals surface area contributed by atoms with E-state index in [4.69, 9.17) is 4.74 Å². The fourth-order valence-corrected chi connectivity index (χ4v) is 4.81.